The quantitative estimate of drug-likeness (QED) is 0.902. The molecule has 1 unspecified atom stereocenters. The van der Waals surface area contributed by atoms with E-state index in [-0.39, 0.29) is 29.0 Å². The number of halogens is 2. The first kappa shape index (κ1) is 14.9. The van der Waals surface area contributed by atoms with E-state index in [0.29, 0.717) is 0 Å². The van der Waals surface area contributed by atoms with Crippen LogP contribution in [-0.4, -0.2) is 17.1 Å². The minimum Gasteiger partial charge on any atom is -0.373 e. The van der Waals surface area contributed by atoms with Gasteiger partial charge in [-0.15, -0.1) is 0 Å². The highest BCUT2D eigenvalue weighted by Gasteiger charge is 2.30. The van der Waals surface area contributed by atoms with Crippen molar-refractivity contribution >= 4 is 0 Å². The number of aromatic nitrogens is 2. The van der Waals surface area contributed by atoms with E-state index < -0.39 is 12.5 Å². The summed E-state index contributed by atoms with van der Waals surface area (Å²) in [5.74, 6) is 0.262. The Kier molecular flexibility index (Phi) is 4.70. The topological polar surface area (TPSA) is 61.0 Å². The van der Waals surface area contributed by atoms with Crippen molar-refractivity contribution in [3.8, 4) is 0 Å². The van der Waals surface area contributed by atoms with E-state index in [1.165, 1.54) is 13.3 Å². The maximum atomic E-state index is 12.9. The van der Waals surface area contributed by atoms with E-state index in [4.69, 9.17) is 10.5 Å². The predicted molar refractivity (Wildman–Crippen MR) is 64.1 cm³/mol. The monoisotopic (exact) mass is 259 g/mol. The number of hydrogen-bond donors (Lipinski definition) is 1. The van der Waals surface area contributed by atoms with Crippen LogP contribution in [0.3, 0.4) is 0 Å². The van der Waals surface area contributed by atoms with Gasteiger partial charge in [0, 0.05) is 25.4 Å². The van der Waals surface area contributed by atoms with Gasteiger partial charge >= 0.3 is 0 Å². The summed E-state index contributed by atoms with van der Waals surface area (Å²) in [6, 6.07) is 0. The van der Waals surface area contributed by atoms with Gasteiger partial charge in [0.25, 0.3) is 6.43 Å². The van der Waals surface area contributed by atoms with Crippen LogP contribution in [0.1, 0.15) is 50.4 Å². The average Bonchev–Trinajstić information content (AvgIpc) is 2.27. The zero-order chi connectivity index (χ0) is 13.9. The summed E-state index contributed by atoms with van der Waals surface area (Å²) in [4.78, 5) is 8.00. The second-order valence-electron chi connectivity index (χ2n) is 5.13. The molecule has 0 aliphatic carbocycles. The van der Waals surface area contributed by atoms with Crippen LogP contribution in [0.5, 0.6) is 0 Å². The molecular formula is C12H19F2N3O. The molecule has 0 aliphatic rings. The lowest BCUT2D eigenvalue weighted by Gasteiger charge is -2.28. The van der Waals surface area contributed by atoms with E-state index in [1.54, 1.807) is 0 Å². The van der Waals surface area contributed by atoms with E-state index in [9.17, 15) is 8.78 Å². The molecule has 1 rings (SSSR count). The Morgan fingerprint density at radius 3 is 2.39 bits per heavy atom. The fraction of sp³-hybridized carbons (Fsp3) is 0.667. The molecule has 18 heavy (non-hydrogen) atoms. The molecule has 0 aromatic carbocycles. The second-order valence-corrected chi connectivity index (χ2v) is 5.13. The van der Waals surface area contributed by atoms with Crippen LogP contribution in [-0.2, 0) is 11.3 Å². The Hall–Kier alpha value is -1.14. The van der Waals surface area contributed by atoms with Crippen molar-refractivity contribution in [2.45, 2.75) is 39.8 Å². The first-order valence-electron chi connectivity index (χ1n) is 5.68. The smallest absolute Gasteiger partial charge is 0.280 e. The molecule has 1 aromatic rings. The lowest BCUT2D eigenvalue weighted by Crippen LogP contribution is -2.23. The predicted octanol–water partition coefficient (Wildman–Crippen LogP) is 2.61. The van der Waals surface area contributed by atoms with Gasteiger partial charge in [-0.1, -0.05) is 20.8 Å². The van der Waals surface area contributed by atoms with Crippen molar-refractivity contribution in [3.05, 3.63) is 23.3 Å². The second kappa shape index (κ2) is 5.67. The van der Waals surface area contributed by atoms with Gasteiger partial charge in [-0.05, 0) is 5.41 Å². The third-order valence-corrected chi connectivity index (χ3v) is 2.60. The molecule has 1 atom stereocenters. The fourth-order valence-corrected chi connectivity index (χ4v) is 1.75. The molecule has 0 radical (unpaired) electrons. The van der Waals surface area contributed by atoms with Gasteiger partial charge in [-0.3, -0.25) is 0 Å². The zero-order valence-corrected chi connectivity index (χ0v) is 11.1. The molecule has 4 nitrogen and oxygen atoms in total. The van der Waals surface area contributed by atoms with Gasteiger partial charge in [-0.25, -0.2) is 18.7 Å². The fourth-order valence-electron chi connectivity index (χ4n) is 1.75. The summed E-state index contributed by atoms with van der Waals surface area (Å²) in [6.07, 6.45) is -1.76. The summed E-state index contributed by atoms with van der Waals surface area (Å²) in [5.41, 5.74) is 5.06. The number of methoxy groups -OCH3 is 1. The lowest BCUT2D eigenvalue weighted by atomic mass is 9.88. The maximum Gasteiger partial charge on any atom is 0.280 e. The third-order valence-electron chi connectivity index (χ3n) is 2.60. The Bertz CT molecular complexity index is 405. The molecular weight excluding hydrogens is 240 g/mol. The summed E-state index contributed by atoms with van der Waals surface area (Å²) in [5, 5.41) is 0. The van der Waals surface area contributed by atoms with Crippen LogP contribution in [0, 0.1) is 5.41 Å². The van der Waals surface area contributed by atoms with Crippen molar-refractivity contribution in [1.82, 2.24) is 9.97 Å². The number of hydrogen-bond acceptors (Lipinski definition) is 4. The molecule has 1 heterocycles. The summed E-state index contributed by atoms with van der Waals surface area (Å²) in [7, 11) is 1.51. The van der Waals surface area contributed by atoms with Gasteiger partial charge in [-0.2, -0.15) is 0 Å². The van der Waals surface area contributed by atoms with E-state index >= 15 is 0 Å². The number of rotatable bonds is 4. The molecule has 0 aliphatic heterocycles. The summed E-state index contributed by atoms with van der Waals surface area (Å²) >= 11 is 0. The maximum absolute atomic E-state index is 12.9. The molecule has 0 spiro atoms. The highest BCUT2D eigenvalue weighted by atomic mass is 19.3. The van der Waals surface area contributed by atoms with E-state index in [2.05, 4.69) is 9.97 Å². The Labute approximate surface area is 106 Å². The van der Waals surface area contributed by atoms with Crippen LogP contribution >= 0.6 is 0 Å². The molecule has 6 heteroatoms. The molecule has 0 amide bonds. The minimum absolute atomic E-state index is 0.00683. The third kappa shape index (κ3) is 3.20. The zero-order valence-electron chi connectivity index (χ0n) is 11.1. The van der Waals surface area contributed by atoms with Crippen LogP contribution in [0.15, 0.2) is 6.20 Å². The van der Waals surface area contributed by atoms with Crippen molar-refractivity contribution < 1.29 is 13.5 Å². The molecule has 0 bridgehead atoms. The minimum atomic E-state index is -2.66. The number of nitrogens with zero attached hydrogens (tertiary/aromatic N) is 2. The van der Waals surface area contributed by atoms with Gasteiger partial charge in [0.05, 0.1) is 0 Å². The number of nitrogens with two attached hydrogens (primary N) is 1. The van der Waals surface area contributed by atoms with Crippen molar-refractivity contribution in [2.24, 2.45) is 11.1 Å². The van der Waals surface area contributed by atoms with Crippen LogP contribution < -0.4 is 5.73 Å². The lowest BCUT2D eigenvalue weighted by molar-refractivity contribution is 0.00783. The SMILES string of the molecule is COC(c1ncc(CN)c(C(F)F)n1)C(C)(C)C. The molecule has 1 aromatic heterocycles. The molecule has 0 saturated heterocycles. The van der Waals surface area contributed by atoms with Gasteiger partial charge in [0.2, 0.25) is 0 Å². The summed E-state index contributed by atoms with van der Waals surface area (Å²) in [6.45, 7) is 5.80. The Balaban J connectivity index is 3.22. The summed E-state index contributed by atoms with van der Waals surface area (Å²) < 4.78 is 31.1. The molecule has 0 saturated carbocycles. The highest BCUT2D eigenvalue weighted by Crippen LogP contribution is 2.34. The number of ether oxygens (including phenoxy) is 1. The number of alkyl halides is 2. The van der Waals surface area contributed by atoms with Crippen LogP contribution in [0.25, 0.3) is 0 Å². The highest BCUT2D eigenvalue weighted by molar-refractivity contribution is 5.19. The van der Waals surface area contributed by atoms with Gasteiger partial charge < -0.3 is 10.5 Å². The van der Waals surface area contributed by atoms with E-state index in [0.717, 1.165) is 0 Å². The van der Waals surface area contributed by atoms with E-state index in [1.807, 2.05) is 20.8 Å². The van der Waals surface area contributed by atoms with Crippen molar-refractivity contribution in [1.29, 1.82) is 0 Å². The van der Waals surface area contributed by atoms with Crippen LogP contribution in [0.4, 0.5) is 8.78 Å². The van der Waals surface area contributed by atoms with Gasteiger partial charge in [0.15, 0.2) is 5.82 Å². The molecule has 0 fully saturated rings. The molecule has 102 valence electrons. The largest absolute Gasteiger partial charge is 0.373 e. The first-order chi connectivity index (χ1) is 8.31. The first-order valence-corrected chi connectivity index (χ1v) is 5.68. The Morgan fingerprint density at radius 1 is 1.39 bits per heavy atom. The normalized spacial score (nSPS) is 14.0. The van der Waals surface area contributed by atoms with Gasteiger partial charge in [0.1, 0.15) is 11.8 Å². The van der Waals surface area contributed by atoms with Crippen molar-refractivity contribution in [2.75, 3.05) is 7.11 Å². The standard InChI is InChI=1S/C12H19F2N3O/c1-12(2,3)9(18-4)11-16-6-7(5-15)8(17-11)10(13)14/h6,9-10H,5,15H2,1-4H3. The van der Waals surface area contributed by atoms with Crippen molar-refractivity contribution in [3.63, 3.8) is 0 Å². The Morgan fingerprint density at radius 2 is 2.00 bits per heavy atom. The van der Waals surface area contributed by atoms with Crippen LogP contribution in [0.2, 0.25) is 0 Å². The molecule has 2 N–H and O–H groups in total. The average molecular weight is 259 g/mol.